The molecule has 0 N–H and O–H groups in total. The van der Waals surface area contributed by atoms with Crippen molar-refractivity contribution in [1.82, 2.24) is 4.90 Å². The lowest BCUT2D eigenvalue weighted by Gasteiger charge is -2.12. The number of imide groups is 1. The summed E-state index contributed by atoms with van der Waals surface area (Å²) in [6, 6.07) is 11.5. The zero-order valence-electron chi connectivity index (χ0n) is 14.7. The molecular weight excluding hydrogens is 334 g/mol. The molecule has 0 bridgehead atoms. The highest BCUT2D eigenvalue weighted by Crippen LogP contribution is 2.25. The number of aryl methyl sites for hydroxylation is 1. The Labute approximate surface area is 151 Å². The van der Waals surface area contributed by atoms with Gasteiger partial charge in [-0.05, 0) is 43.7 Å². The zero-order valence-corrected chi connectivity index (χ0v) is 14.7. The number of amides is 2. The first-order valence-corrected chi connectivity index (χ1v) is 8.29. The number of hydrogen-bond acceptors (Lipinski definition) is 5. The minimum Gasteiger partial charge on any atom is -0.423 e. The Morgan fingerprint density at radius 2 is 1.69 bits per heavy atom. The van der Waals surface area contributed by atoms with E-state index in [4.69, 9.17) is 9.47 Å². The second-order valence-electron chi connectivity index (χ2n) is 6.07. The van der Waals surface area contributed by atoms with Gasteiger partial charge in [0.15, 0.2) is 0 Å². The van der Waals surface area contributed by atoms with Gasteiger partial charge in [-0.25, -0.2) is 4.79 Å². The molecule has 0 atom stereocenters. The predicted molar refractivity (Wildman–Crippen MR) is 94.4 cm³/mol. The van der Waals surface area contributed by atoms with Gasteiger partial charge in [0.05, 0.1) is 16.7 Å². The molecule has 6 heteroatoms. The molecule has 0 aliphatic carbocycles. The molecule has 0 spiro atoms. The monoisotopic (exact) mass is 353 g/mol. The third kappa shape index (κ3) is 3.50. The molecule has 2 amide bonds. The molecule has 6 nitrogen and oxygen atoms in total. The summed E-state index contributed by atoms with van der Waals surface area (Å²) < 4.78 is 10.3. The number of hydrogen-bond donors (Lipinski definition) is 0. The third-order valence-electron chi connectivity index (χ3n) is 4.17. The van der Waals surface area contributed by atoms with Crippen LogP contribution in [0, 0.1) is 6.92 Å². The SMILES string of the molecule is COCCCN1C(=O)c2ccc(C(=O)Oc3ccc(C)cc3)cc2C1=O. The van der Waals surface area contributed by atoms with Crippen LogP contribution >= 0.6 is 0 Å². The number of methoxy groups -OCH3 is 1. The molecule has 134 valence electrons. The first-order chi connectivity index (χ1) is 12.5. The second-order valence-corrected chi connectivity index (χ2v) is 6.07. The van der Waals surface area contributed by atoms with Crippen LogP contribution in [-0.2, 0) is 4.74 Å². The van der Waals surface area contributed by atoms with E-state index in [-0.39, 0.29) is 23.6 Å². The van der Waals surface area contributed by atoms with Crippen LogP contribution in [0.3, 0.4) is 0 Å². The van der Waals surface area contributed by atoms with Crippen molar-refractivity contribution in [3.05, 3.63) is 64.7 Å². The van der Waals surface area contributed by atoms with Crippen molar-refractivity contribution in [3.63, 3.8) is 0 Å². The highest BCUT2D eigenvalue weighted by Gasteiger charge is 2.35. The molecule has 0 fully saturated rings. The Balaban J connectivity index is 1.77. The average molecular weight is 353 g/mol. The lowest BCUT2D eigenvalue weighted by Crippen LogP contribution is -2.31. The highest BCUT2D eigenvalue weighted by atomic mass is 16.5. The molecule has 2 aromatic carbocycles. The largest absolute Gasteiger partial charge is 0.423 e. The van der Waals surface area contributed by atoms with Gasteiger partial charge in [0.25, 0.3) is 11.8 Å². The minimum atomic E-state index is -0.574. The van der Waals surface area contributed by atoms with Gasteiger partial charge in [-0.2, -0.15) is 0 Å². The number of fused-ring (bicyclic) bond motifs is 1. The van der Waals surface area contributed by atoms with Crippen LogP contribution in [0.2, 0.25) is 0 Å². The Bertz CT molecular complexity index is 857. The smallest absolute Gasteiger partial charge is 0.343 e. The van der Waals surface area contributed by atoms with Crippen LogP contribution in [0.15, 0.2) is 42.5 Å². The Hall–Kier alpha value is -2.99. The fourth-order valence-electron chi connectivity index (χ4n) is 2.76. The first kappa shape index (κ1) is 17.8. The van der Waals surface area contributed by atoms with Crippen LogP contribution in [0.4, 0.5) is 0 Å². The van der Waals surface area contributed by atoms with Crippen molar-refractivity contribution in [2.45, 2.75) is 13.3 Å². The summed E-state index contributed by atoms with van der Waals surface area (Å²) in [6.45, 7) is 2.68. The Kier molecular flexibility index (Phi) is 5.14. The van der Waals surface area contributed by atoms with Gasteiger partial charge in [0.1, 0.15) is 5.75 Å². The molecule has 1 aliphatic heterocycles. The van der Waals surface area contributed by atoms with E-state index in [0.717, 1.165) is 5.56 Å². The molecular formula is C20H19NO5. The van der Waals surface area contributed by atoms with E-state index >= 15 is 0 Å². The molecule has 26 heavy (non-hydrogen) atoms. The van der Waals surface area contributed by atoms with Gasteiger partial charge in [-0.3, -0.25) is 14.5 Å². The summed E-state index contributed by atoms with van der Waals surface area (Å²) in [4.78, 5) is 38.3. The average Bonchev–Trinajstić information content (AvgIpc) is 2.88. The second kappa shape index (κ2) is 7.49. The number of benzene rings is 2. The molecule has 0 aromatic heterocycles. The zero-order chi connectivity index (χ0) is 18.7. The Morgan fingerprint density at radius 1 is 1.00 bits per heavy atom. The maximum atomic E-state index is 12.5. The quantitative estimate of drug-likeness (QED) is 0.346. The molecule has 0 saturated carbocycles. The van der Waals surface area contributed by atoms with E-state index in [1.807, 2.05) is 19.1 Å². The van der Waals surface area contributed by atoms with Crippen molar-refractivity contribution in [1.29, 1.82) is 0 Å². The maximum Gasteiger partial charge on any atom is 0.343 e. The third-order valence-corrected chi connectivity index (χ3v) is 4.17. The summed E-state index contributed by atoms with van der Waals surface area (Å²) in [5.41, 5.74) is 1.81. The summed E-state index contributed by atoms with van der Waals surface area (Å²) in [5, 5.41) is 0. The van der Waals surface area contributed by atoms with Crippen LogP contribution in [0.25, 0.3) is 0 Å². The van der Waals surface area contributed by atoms with Gasteiger partial charge in [0.2, 0.25) is 0 Å². The lowest BCUT2D eigenvalue weighted by molar-refractivity contribution is 0.0638. The van der Waals surface area contributed by atoms with Crippen LogP contribution in [0.5, 0.6) is 5.75 Å². The van der Waals surface area contributed by atoms with Crippen molar-refractivity contribution in [3.8, 4) is 5.75 Å². The topological polar surface area (TPSA) is 72.9 Å². The molecule has 0 radical (unpaired) electrons. The highest BCUT2D eigenvalue weighted by molar-refractivity contribution is 6.22. The van der Waals surface area contributed by atoms with Crippen molar-refractivity contribution >= 4 is 17.8 Å². The van der Waals surface area contributed by atoms with Gasteiger partial charge in [0, 0.05) is 20.3 Å². The van der Waals surface area contributed by atoms with E-state index in [9.17, 15) is 14.4 Å². The van der Waals surface area contributed by atoms with Crippen molar-refractivity contribution in [2.75, 3.05) is 20.3 Å². The Morgan fingerprint density at radius 3 is 2.38 bits per heavy atom. The summed E-state index contributed by atoms with van der Waals surface area (Å²) in [7, 11) is 1.56. The number of rotatable bonds is 6. The maximum absolute atomic E-state index is 12.5. The van der Waals surface area contributed by atoms with Crippen LogP contribution < -0.4 is 4.74 Å². The predicted octanol–water partition coefficient (Wildman–Crippen LogP) is 2.85. The van der Waals surface area contributed by atoms with E-state index in [2.05, 4.69) is 0 Å². The van der Waals surface area contributed by atoms with E-state index in [1.54, 1.807) is 19.2 Å². The van der Waals surface area contributed by atoms with Crippen LogP contribution in [0.1, 0.15) is 43.1 Å². The minimum absolute atomic E-state index is 0.226. The number of carbonyl (C=O) groups is 3. The summed E-state index contributed by atoms with van der Waals surface area (Å²) >= 11 is 0. The molecule has 3 rings (SSSR count). The molecule has 0 saturated heterocycles. The number of ether oxygens (including phenoxy) is 2. The summed E-state index contributed by atoms with van der Waals surface area (Å²) in [5.74, 6) is -0.898. The molecule has 0 unspecified atom stereocenters. The fourth-order valence-corrected chi connectivity index (χ4v) is 2.76. The van der Waals surface area contributed by atoms with Gasteiger partial charge in [-0.15, -0.1) is 0 Å². The lowest BCUT2D eigenvalue weighted by atomic mass is 10.1. The standard InChI is InChI=1S/C20H19NO5/c1-13-4-7-15(8-5-13)26-20(24)14-6-9-16-17(12-14)19(23)21(18(16)22)10-3-11-25-2/h4-9,12H,3,10-11H2,1-2H3. The van der Waals surface area contributed by atoms with Crippen molar-refractivity contribution in [2.24, 2.45) is 0 Å². The molecule has 1 heterocycles. The van der Waals surface area contributed by atoms with Gasteiger partial charge in [-0.1, -0.05) is 17.7 Å². The molecule has 2 aromatic rings. The van der Waals surface area contributed by atoms with E-state index in [0.29, 0.717) is 24.3 Å². The van der Waals surface area contributed by atoms with E-state index in [1.165, 1.54) is 23.1 Å². The van der Waals surface area contributed by atoms with E-state index < -0.39 is 11.9 Å². The van der Waals surface area contributed by atoms with Gasteiger partial charge >= 0.3 is 5.97 Å². The number of nitrogens with zero attached hydrogens (tertiary/aromatic N) is 1. The normalized spacial score (nSPS) is 13.1. The number of carbonyl (C=O) groups excluding carboxylic acids is 3. The van der Waals surface area contributed by atoms with Crippen molar-refractivity contribution < 1.29 is 23.9 Å². The first-order valence-electron chi connectivity index (χ1n) is 8.29. The van der Waals surface area contributed by atoms with Crippen LogP contribution in [-0.4, -0.2) is 42.9 Å². The van der Waals surface area contributed by atoms with Gasteiger partial charge < -0.3 is 9.47 Å². The number of esters is 1. The fraction of sp³-hybridized carbons (Fsp3) is 0.250. The summed E-state index contributed by atoms with van der Waals surface area (Å²) in [6.07, 6.45) is 0.560. The molecule has 1 aliphatic rings.